The Labute approximate surface area is 188 Å². The first-order chi connectivity index (χ1) is 15.6. The van der Waals surface area contributed by atoms with Gasteiger partial charge in [0, 0.05) is 19.2 Å². The molecule has 170 valence electrons. The van der Waals surface area contributed by atoms with Crippen molar-refractivity contribution in [2.45, 2.75) is 32.4 Å². The van der Waals surface area contributed by atoms with Crippen LogP contribution in [0.5, 0.6) is 5.75 Å². The molecule has 0 amide bonds. The van der Waals surface area contributed by atoms with Gasteiger partial charge in [0.25, 0.3) is 0 Å². The molecule has 0 atom stereocenters. The Kier molecular flexibility index (Phi) is 10.4. The van der Waals surface area contributed by atoms with Gasteiger partial charge in [-0.1, -0.05) is 48.5 Å². The number of nitrogens with two attached hydrogens (primary N) is 1. The highest BCUT2D eigenvalue weighted by Gasteiger charge is 2.09. The molecular formula is C26H30FNO4. The Morgan fingerprint density at radius 2 is 1.66 bits per heavy atom. The van der Waals surface area contributed by atoms with Crippen LogP contribution in [-0.4, -0.2) is 30.0 Å². The van der Waals surface area contributed by atoms with E-state index < -0.39 is 5.97 Å². The second kappa shape index (κ2) is 13.2. The van der Waals surface area contributed by atoms with E-state index in [1.807, 2.05) is 36.4 Å². The Bertz CT molecular complexity index is 1010. The SMILES string of the molecule is CO.NCc1cccc(-c2cc(CCCF)cc(COc3ccccc3CC(=O)O)c2)c1. The van der Waals surface area contributed by atoms with Crippen LogP contribution in [0.3, 0.4) is 0 Å². The number of hydrogen-bond acceptors (Lipinski definition) is 4. The van der Waals surface area contributed by atoms with Gasteiger partial charge in [0.05, 0.1) is 13.1 Å². The lowest BCUT2D eigenvalue weighted by atomic mass is 9.97. The predicted molar refractivity (Wildman–Crippen MR) is 124 cm³/mol. The van der Waals surface area contributed by atoms with Gasteiger partial charge in [-0.2, -0.15) is 0 Å². The molecule has 0 heterocycles. The molecule has 0 radical (unpaired) electrons. The zero-order valence-corrected chi connectivity index (χ0v) is 18.3. The molecule has 3 aromatic carbocycles. The van der Waals surface area contributed by atoms with Crippen molar-refractivity contribution < 1.29 is 24.1 Å². The largest absolute Gasteiger partial charge is 0.489 e. The fourth-order valence-corrected chi connectivity index (χ4v) is 3.42. The maximum Gasteiger partial charge on any atom is 0.307 e. The maximum absolute atomic E-state index is 12.7. The van der Waals surface area contributed by atoms with Crippen LogP contribution in [0.25, 0.3) is 11.1 Å². The van der Waals surface area contributed by atoms with Crippen LogP contribution in [0.15, 0.2) is 66.7 Å². The summed E-state index contributed by atoms with van der Waals surface area (Å²) >= 11 is 0. The van der Waals surface area contributed by atoms with Crippen molar-refractivity contribution in [1.29, 1.82) is 0 Å². The number of aliphatic hydroxyl groups is 1. The summed E-state index contributed by atoms with van der Waals surface area (Å²) in [6.45, 7) is 0.399. The first kappa shape index (κ1) is 25.0. The van der Waals surface area contributed by atoms with E-state index in [0.29, 0.717) is 37.3 Å². The number of alkyl halides is 1. The number of para-hydroxylation sites is 1. The van der Waals surface area contributed by atoms with Crippen molar-refractivity contribution in [3.63, 3.8) is 0 Å². The first-order valence-corrected chi connectivity index (χ1v) is 10.4. The van der Waals surface area contributed by atoms with E-state index >= 15 is 0 Å². The summed E-state index contributed by atoms with van der Waals surface area (Å²) in [4.78, 5) is 11.1. The van der Waals surface area contributed by atoms with Crippen molar-refractivity contribution in [2.75, 3.05) is 13.8 Å². The number of carboxylic acid groups (broad SMARTS) is 1. The van der Waals surface area contributed by atoms with Crippen LogP contribution in [0.1, 0.15) is 28.7 Å². The second-order valence-electron chi connectivity index (χ2n) is 7.20. The van der Waals surface area contributed by atoms with Crippen LogP contribution in [0.2, 0.25) is 0 Å². The number of aryl methyl sites for hydroxylation is 1. The molecule has 0 bridgehead atoms. The molecule has 3 aromatic rings. The fraction of sp³-hybridized carbons (Fsp3) is 0.269. The number of ether oxygens (including phenoxy) is 1. The van der Waals surface area contributed by atoms with Gasteiger partial charge in [0.1, 0.15) is 12.4 Å². The maximum atomic E-state index is 12.7. The number of carboxylic acids is 1. The van der Waals surface area contributed by atoms with Gasteiger partial charge in [-0.15, -0.1) is 0 Å². The Balaban J connectivity index is 0.00000176. The van der Waals surface area contributed by atoms with E-state index in [1.165, 1.54) is 0 Å². The Morgan fingerprint density at radius 3 is 2.38 bits per heavy atom. The standard InChI is InChI=1S/C25H26FNO3.CH4O/c26-10-4-6-18-11-20(14-23(12-18)21-8-3-5-19(13-21)16-27)17-30-24-9-2-1-7-22(24)15-25(28)29;1-2/h1-3,5,7-9,11-14H,4,6,10,15-17,27H2,(H,28,29);2H,1H3. The van der Waals surface area contributed by atoms with E-state index in [2.05, 4.69) is 12.1 Å². The zero-order valence-electron chi connectivity index (χ0n) is 18.3. The summed E-state index contributed by atoms with van der Waals surface area (Å²) in [5.41, 5.74) is 11.5. The number of aliphatic carboxylic acids is 1. The van der Waals surface area contributed by atoms with E-state index in [4.69, 9.17) is 20.7 Å². The third-order valence-corrected chi connectivity index (χ3v) is 4.86. The lowest BCUT2D eigenvalue weighted by molar-refractivity contribution is -0.136. The van der Waals surface area contributed by atoms with Gasteiger partial charge >= 0.3 is 5.97 Å². The van der Waals surface area contributed by atoms with Crippen LogP contribution >= 0.6 is 0 Å². The topological polar surface area (TPSA) is 92.8 Å². The highest BCUT2D eigenvalue weighted by Crippen LogP contribution is 2.26. The number of halogens is 1. The number of benzene rings is 3. The molecule has 0 saturated heterocycles. The predicted octanol–water partition coefficient (Wildman–Crippen LogP) is 4.53. The minimum Gasteiger partial charge on any atom is -0.489 e. The van der Waals surface area contributed by atoms with Crippen LogP contribution < -0.4 is 10.5 Å². The Hall–Kier alpha value is -3.22. The average molecular weight is 440 g/mol. The second-order valence-corrected chi connectivity index (χ2v) is 7.20. The molecule has 0 aliphatic heterocycles. The third kappa shape index (κ3) is 7.48. The Morgan fingerprint density at radius 1 is 0.938 bits per heavy atom. The molecule has 4 N–H and O–H groups in total. The van der Waals surface area contributed by atoms with Crippen molar-refractivity contribution in [1.82, 2.24) is 0 Å². The fourth-order valence-electron chi connectivity index (χ4n) is 3.42. The normalized spacial score (nSPS) is 10.2. The number of carbonyl (C=O) groups is 1. The van der Waals surface area contributed by atoms with E-state index in [-0.39, 0.29) is 13.1 Å². The van der Waals surface area contributed by atoms with Gasteiger partial charge in [0.15, 0.2) is 0 Å². The number of hydrogen-bond donors (Lipinski definition) is 3. The van der Waals surface area contributed by atoms with Crippen molar-refractivity contribution in [3.05, 3.63) is 89.0 Å². The van der Waals surface area contributed by atoms with Gasteiger partial charge in [-0.25, -0.2) is 0 Å². The highest BCUT2D eigenvalue weighted by atomic mass is 19.1. The zero-order chi connectivity index (χ0) is 23.3. The molecule has 0 saturated carbocycles. The average Bonchev–Trinajstić information content (AvgIpc) is 2.83. The molecular weight excluding hydrogens is 409 g/mol. The minimum absolute atomic E-state index is 0.0934. The number of aliphatic hydroxyl groups excluding tert-OH is 1. The summed E-state index contributed by atoms with van der Waals surface area (Å²) in [5.74, 6) is -0.345. The summed E-state index contributed by atoms with van der Waals surface area (Å²) in [6, 6.07) is 21.3. The lowest BCUT2D eigenvalue weighted by Gasteiger charge is -2.14. The van der Waals surface area contributed by atoms with Crippen LogP contribution in [0.4, 0.5) is 4.39 Å². The number of rotatable bonds is 10. The van der Waals surface area contributed by atoms with Gasteiger partial charge in [-0.05, 0) is 58.9 Å². The molecule has 32 heavy (non-hydrogen) atoms. The first-order valence-electron chi connectivity index (χ1n) is 10.4. The van der Waals surface area contributed by atoms with Gasteiger partial charge in [-0.3, -0.25) is 9.18 Å². The van der Waals surface area contributed by atoms with Gasteiger partial charge < -0.3 is 20.7 Å². The summed E-state index contributed by atoms with van der Waals surface area (Å²) in [5, 5.41) is 16.1. The highest BCUT2D eigenvalue weighted by molar-refractivity contribution is 5.71. The smallest absolute Gasteiger partial charge is 0.307 e. The lowest BCUT2D eigenvalue weighted by Crippen LogP contribution is -2.04. The van der Waals surface area contributed by atoms with Crippen LogP contribution in [0, 0.1) is 0 Å². The quantitative estimate of drug-likeness (QED) is 0.432. The van der Waals surface area contributed by atoms with Crippen molar-refractivity contribution in [2.24, 2.45) is 5.73 Å². The van der Waals surface area contributed by atoms with Crippen LogP contribution in [-0.2, 0) is 30.8 Å². The molecule has 6 heteroatoms. The minimum atomic E-state index is -0.902. The molecule has 0 unspecified atom stereocenters. The molecule has 0 spiro atoms. The van der Waals surface area contributed by atoms with E-state index in [1.54, 1.807) is 18.2 Å². The van der Waals surface area contributed by atoms with Crippen molar-refractivity contribution >= 4 is 5.97 Å². The van der Waals surface area contributed by atoms with Gasteiger partial charge in [0.2, 0.25) is 0 Å². The molecule has 0 aromatic heterocycles. The molecule has 0 aliphatic rings. The van der Waals surface area contributed by atoms with E-state index in [9.17, 15) is 9.18 Å². The van der Waals surface area contributed by atoms with Crippen molar-refractivity contribution in [3.8, 4) is 16.9 Å². The third-order valence-electron chi connectivity index (χ3n) is 4.86. The summed E-state index contributed by atoms with van der Waals surface area (Å²) < 4.78 is 18.7. The summed E-state index contributed by atoms with van der Waals surface area (Å²) in [7, 11) is 1.00. The molecule has 5 nitrogen and oxygen atoms in total. The molecule has 0 fully saturated rings. The van der Waals surface area contributed by atoms with E-state index in [0.717, 1.165) is 34.9 Å². The molecule has 3 rings (SSSR count). The molecule has 0 aliphatic carbocycles. The monoisotopic (exact) mass is 439 g/mol. The summed E-state index contributed by atoms with van der Waals surface area (Å²) in [6.07, 6.45) is 1.02.